The van der Waals surface area contributed by atoms with Gasteiger partial charge in [-0.15, -0.1) is 0 Å². The van der Waals surface area contributed by atoms with Gasteiger partial charge in [-0.25, -0.2) is 9.78 Å². The van der Waals surface area contributed by atoms with Crippen molar-refractivity contribution in [2.24, 2.45) is 0 Å². The summed E-state index contributed by atoms with van der Waals surface area (Å²) in [5.74, 6) is -1.84. The molecule has 7 nitrogen and oxygen atoms in total. The highest BCUT2D eigenvalue weighted by Crippen LogP contribution is 2.15. The highest BCUT2D eigenvalue weighted by molar-refractivity contribution is 5.97. The molecule has 0 unspecified atom stereocenters. The molecule has 0 fully saturated rings. The van der Waals surface area contributed by atoms with Crippen molar-refractivity contribution >= 4 is 17.5 Å². The van der Waals surface area contributed by atoms with Crippen LogP contribution in [0.1, 0.15) is 29.8 Å². The van der Waals surface area contributed by atoms with Crippen LogP contribution >= 0.6 is 0 Å². The maximum atomic E-state index is 12.4. The lowest BCUT2D eigenvalue weighted by Crippen LogP contribution is -2.51. The van der Waals surface area contributed by atoms with E-state index in [9.17, 15) is 19.5 Å². The fourth-order valence-electron chi connectivity index (χ4n) is 1.90. The van der Waals surface area contributed by atoms with Crippen LogP contribution in [0.25, 0.3) is 5.65 Å². The Kier molecular flexibility index (Phi) is 3.74. The topological polar surface area (TPSA) is 92.0 Å². The first-order valence-electron chi connectivity index (χ1n) is 6.66. The van der Waals surface area contributed by atoms with Gasteiger partial charge in [0, 0.05) is 19.4 Å². The molecule has 0 radical (unpaired) electrons. The van der Waals surface area contributed by atoms with Gasteiger partial charge in [-0.1, -0.05) is 0 Å². The standard InChI is InChI=1S/C15H17N3O4/c1-9-5-6-18-11(7-9)16-8-10(13(18)20)12(19)17(4)15(2,3)14(21)22/h5-8H,1-4H3,(H,21,22). The molecule has 0 spiro atoms. The minimum atomic E-state index is -1.43. The molecule has 2 rings (SSSR count). The first-order chi connectivity index (χ1) is 10.2. The van der Waals surface area contributed by atoms with Crippen molar-refractivity contribution in [3.63, 3.8) is 0 Å². The average molecular weight is 303 g/mol. The van der Waals surface area contributed by atoms with Gasteiger partial charge in [-0.2, -0.15) is 0 Å². The fourth-order valence-corrected chi connectivity index (χ4v) is 1.90. The highest BCUT2D eigenvalue weighted by Gasteiger charge is 2.36. The Balaban J connectivity index is 2.54. The zero-order valence-corrected chi connectivity index (χ0v) is 12.8. The summed E-state index contributed by atoms with van der Waals surface area (Å²) in [6.45, 7) is 4.65. The molecular formula is C15H17N3O4. The van der Waals surface area contributed by atoms with Crippen LogP contribution in [0.4, 0.5) is 0 Å². The largest absolute Gasteiger partial charge is 0.480 e. The lowest BCUT2D eigenvalue weighted by atomic mass is 10.0. The van der Waals surface area contributed by atoms with E-state index < -0.39 is 23.0 Å². The highest BCUT2D eigenvalue weighted by atomic mass is 16.4. The van der Waals surface area contributed by atoms with Crippen LogP contribution in [0.15, 0.2) is 29.3 Å². The van der Waals surface area contributed by atoms with Gasteiger partial charge in [0.1, 0.15) is 16.7 Å². The molecule has 0 atom stereocenters. The Labute approximate surface area is 126 Å². The number of nitrogens with zero attached hydrogens (tertiary/aromatic N) is 3. The Bertz CT molecular complexity index is 823. The summed E-state index contributed by atoms with van der Waals surface area (Å²) in [5.41, 5.74) is -0.755. The summed E-state index contributed by atoms with van der Waals surface area (Å²) < 4.78 is 1.27. The average Bonchev–Trinajstić information content (AvgIpc) is 2.45. The normalized spacial score (nSPS) is 11.5. The first kappa shape index (κ1) is 15.7. The molecule has 0 saturated heterocycles. The monoisotopic (exact) mass is 303 g/mol. The zero-order valence-electron chi connectivity index (χ0n) is 12.8. The summed E-state index contributed by atoms with van der Waals surface area (Å²) in [5, 5.41) is 9.19. The van der Waals surface area contributed by atoms with Gasteiger partial charge >= 0.3 is 5.97 Å². The summed E-state index contributed by atoms with van der Waals surface area (Å²) in [7, 11) is 1.35. The lowest BCUT2D eigenvalue weighted by molar-refractivity contribution is -0.147. The van der Waals surface area contributed by atoms with Crippen LogP contribution in [0.2, 0.25) is 0 Å². The zero-order chi connectivity index (χ0) is 16.7. The van der Waals surface area contributed by atoms with E-state index in [-0.39, 0.29) is 5.56 Å². The summed E-state index contributed by atoms with van der Waals surface area (Å²) in [4.78, 5) is 41.2. The van der Waals surface area contributed by atoms with E-state index in [1.54, 1.807) is 18.3 Å². The fraction of sp³-hybridized carbons (Fsp3) is 0.333. The molecule has 7 heteroatoms. The van der Waals surface area contributed by atoms with E-state index in [4.69, 9.17) is 0 Å². The Morgan fingerprint density at radius 1 is 1.36 bits per heavy atom. The van der Waals surface area contributed by atoms with Gasteiger partial charge in [-0.3, -0.25) is 14.0 Å². The third-order valence-electron chi connectivity index (χ3n) is 3.76. The Hall–Kier alpha value is -2.70. The number of aromatic nitrogens is 2. The van der Waals surface area contributed by atoms with Crippen LogP contribution in [0, 0.1) is 6.92 Å². The number of carbonyl (C=O) groups excluding carboxylic acids is 1. The molecular weight excluding hydrogens is 286 g/mol. The van der Waals surface area contributed by atoms with Gasteiger partial charge in [0.25, 0.3) is 11.5 Å². The molecule has 2 heterocycles. The number of hydrogen-bond acceptors (Lipinski definition) is 4. The molecule has 2 aromatic rings. The number of carboxylic acid groups (broad SMARTS) is 1. The van der Waals surface area contributed by atoms with Gasteiger partial charge in [0.05, 0.1) is 0 Å². The van der Waals surface area contributed by atoms with E-state index in [2.05, 4.69) is 4.98 Å². The SMILES string of the molecule is Cc1ccn2c(=O)c(C(=O)N(C)C(C)(C)C(=O)O)cnc2c1. The van der Waals surface area contributed by atoms with Gasteiger partial charge in [0.15, 0.2) is 0 Å². The molecule has 116 valence electrons. The number of carbonyl (C=O) groups is 2. The third kappa shape index (κ3) is 2.45. The summed E-state index contributed by atoms with van der Waals surface area (Å²) in [6, 6.07) is 3.45. The van der Waals surface area contributed by atoms with E-state index in [0.29, 0.717) is 5.65 Å². The third-order valence-corrected chi connectivity index (χ3v) is 3.76. The maximum Gasteiger partial charge on any atom is 0.329 e. The first-order valence-corrected chi connectivity index (χ1v) is 6.66. The number of aryl methyl sites for hydroxylation is 1. The number of aliphatic carboxylic acids is 1. The predicted molar refractivity (Wildman–Crippen MR) is 80.0 cm³/mol. The summed E-state index contributed by atoms with van der Waals surface area (Å²) >= 11 is 0. The van der Waals surface area contributed by atoms with Crippen LogP contribution in [0.3, 0.4) is 0 Å². The molecule has 1 amide bonds. The second kappa shape index (κ2) is 5.25. The number of hydrogen-bond donors (Lipinski definition) is 1. The van der Waals surface area contributed by atoms with Gasteiger partial charge in [0.2, 0.25) is 0 Å². The number of likely N-dealkylation sites (N-methyl/N-ethyl adjacent to an activating group) is 1. The van der Waals surface area contributed by atoms with Crippen molar-refractivity contribution in [2.75, 3.05) is 7.05 Å². The lowest BCUT2D eigenvalue weighted by Gasteiger charge is -2.31. The molecule has 0 saturated carbocycles. The van der Waals surface area contributed by atoms with Crippen LogP contribution in [0.5, 0.6) is 0 Å². The maximum absolute atomic E-state index is 12.4. The van der Waals surface area contributed by atoms with Crippen molar-refractivity contribution in [1.29, 1.82) is 0 Å². The van der Waals surface area contributed by atoms with Crippen molar-refractivity contribution in [3.8, 4) is 0 Å². The molecule has 0 bridgehead atoms. The molecule has 2 aromatic heterocycles. The molecule has 1 N–H and O–H groups in total. The van der Waals surface area contributed by atoms with E-state index in [0.717, 1.165) is 10.5 Å². The minimum Gasteiger partial charge on any atom is -0.480 e. The molecule has 22 heavy (non-hydrogen) atoms. The van der Waals surface area contributed by atoms with Crippen LogP contribution < -0.4 is 5.56 Å². The second-order valence-electron chi connectivity index (χ2n) is 5.64. The number of carboxylic acids is 1. The quantitative estimate of drug-likeness (QED) is 0.911. The number of fused-ring (bicyclic) bond motifs is 1. The van der Waals surface area contributed by atoms with Crippen molar-refractivity contribution < 1.29 is 14.7 Å². The number of pyridine rings is 1. The smallest absolute Gasteiger partial charge is 0.329 e. The van der Waals surface area contributed by atoms with E-state index >= 15 is 0 Å². The van der Waals surface area contributed by atoms with Crippen LogP contribution in [-0.4, -0.2) is 43.9 Å². The van der Waals surface area contributed by atoms with Crippen LogP contribution in [-0.2, 0) is 4.79 Å². The van der Waals surface area contributed by atoms with E-state index in [1.807, 2.05) is 6.92 Å². The Morgan fingerprint density at radius 2 is 2.00 bits per heavy atom. The number of rotatable bonds is 3. The van der Waals surface area contributed by atoms with Gasteiger partial charge < -0.3 is 10.0 Å². The van der Waals surface area contributed by atoms with Crippen molar-refractivity contribution in [2.45, 2.75) is 26.3 Å². The second-order valence-corrected chi connectivity index (χ2v) is 5.64. The van der Waals surface area contributed by atoms with Crippen molar-refractivity contribution in [1.82, 2.24) is 14.3 Å². The minimum absolute atomic E-state index is 0.168. The molecule has 0 aromatic carbocycles. The van der Waals surface area contributed by atoms with E-state index in [1.165, 1.54) is 31.5 Å². The summed E-state index contributed by atoms with van der Waals surface area (Å²) in [6.07, 6.45) is 2.73. The molecule has 0 aliphatic rings. The number of amides is 1. The predicted octanol–water partition coefficient (Wildman–Crippen LogP) is 0.938. The van der Waals surface area contributed by atoms with Crippen molar-refractivity contribution in [3.05, 3.63) is 46.0 Å². The van der Waals surface area contributed by atoms with Gasteiger partial charge in [-0.05, 0) is 38.5 Å². The Morgan fingerprint density at radius 3 is 2.59 bits per heavy atom. The molecule has 0 aliphatic heterocycles. The molecule has 0 aliphatic carbocycles.